The number of hydrogen-bond acceptors (Lipinski definition) is 3. The van der Waals surface area contributed by atoms with Gasteiger partial charge in [-0.1, -0.05) is 12.1 Å². The van der Waals surface area contributed by atoms with E-state index in [-0.39, 0.29) is 33.0 Å². The smallest absolute Gasteiger partial charge is 0.0812 e. The monoisotopic (exact) mass is 232 g/mol. The van der Waals surface area contributed by atoms with Crippen LogP contribution in [-0.2, 0) is 33.0 Å². The van der Waals surface area contributed by atoms with Gasteiger partial charge in [0.1, 0.15) is 0 Å². The molecule has 2 rings (SSSR count). The maximum absolute atomic E-state index is 4.14. The molecule has 11 heavy (non-hydrogen) atoms. The van der Waals surface area contributed by atoms with E-state index in [2.05, 4.69) is 11.1 Å². The molecule has 1 aromatic heterocycles. The Morgan fingerprint density at radius 2 is 1.91 bits per heavy atom. The van der Waals surface area contributed by atoms with Gasteiger partial charge in [-0.2, -0.15) is 0 Å². The minimum atomic E-state index is 0. The van der Waals surface area contributed by atoms with Gasteiger partial charge in [-0.15, -0.1) is 11.3 Å². The number of para-hydroxylation sites is 1. The van der Waals surface area contributed by atoms with Crippen LogP contribution in [0.2, 0.25) is 0 Å². The molecule has 0 aliphatic heterocycles. The Morgan fingerprint density at radius 3 is 2.64 bits per heavy atom. The van der Waals surface area contributed by atoms with Crippen LogP contribution in [-0.4, -0.2) is 4.98 Å². The Bertz CT molecular complexity index is 290. The molecule has 0 aliphatic rings. The van der Waals surface area contributed by atoms with E-state index in [1.54, 1.807) is 11.3 Å². The third-order valence-electron chi connectivity index (χ3n) is 1.24. The molecule has 0 N–H and O–H groups in total. The van der Waals surface area contributed by atoms with E-state index >= 15 is 0 Å². The molecule has 54 valence electrons. The van der Waals surface area contributed by atoms with Gasteiger partial charge in [0.15, 0.2) is 0 Å². The van der Waals surface area contributed by atoms with Crippen molar-refractivity contribution in [3.63, 3.8) is 0 Å². The van der Waals surface area contributed by atoms with Crippen molar-refractivity contribution in [2.24, 2.45) is 0 Å². The predicted octanol–water partition coefficient (Wildman–Crippen LogP) is 2.02. The van der Waals surface area contributed by atoms with Gasteiger partial charge in [0.2, 0.25) is 0 Å². The Balaban J connectivity index is 0.000000500. The summed E-state index contributed by atoms with van der Waals surface area (Å²) >= 11 is 1.68. The van der Waals surface area contributed by atoms with Gasteiger partial charge < -0.3 is 13.5 Å². The van der Waals surface area contributed by atoms with Crippen LogP contribution in [0.15, 0.2) is 29.8 Å². The number of rotatable bonds is 0. The second-order valence-electron chi connectivity index (χ2n) is 1.82. The van der Waals surface area contributed by atoms with Crippen molar-refractivity contribution in [2.75, 3.05) is 0 Å². The molecule has 0 atom stereocenters. The van der Waals surface area contributed by atoms with Crippen LogP contribution in [0.1, 0.15) is 0 Å². The Hall–Kier alpha value is 0.0834. The van der Waals surface area contributed by atoms with Crippen molar-refractivity contribution < 1.29 is 19.5 Å². The molecule has 0 unspecified atom stereocenters. The molecule has 1 heterocycles. The zero-order chi connectivity index (χ0) is 6.10. The predicted molar refractivity (Wildman–Crippen MR) is 48.4 cm³/mol. The summed E-state index contributed by atoms with van der Waals surface area (Å²) in [5.74, 6) is 0. The minimum absolute atomic E-state index is 0. The number of hydrogen-bond donors (Lipinski definition) is 0. The summed E-state index contributed by atoms with van der Waals surface area (Å²) in [7, 11) is 0. The van der Waals surface area contributed by atoms with Crippen molar-refractivity contribution >= 4 is 35.0 Å². The van der Waals surface area contributed by atoms with Gasteiger partial charge in [0.05, 0.1) is 15.7 Å². The average Bonchev–Trinajstić information content (AvgIpc) is 2.33. The third-order valence-corrected chi connectivity index (χ3v) is 2.05. The second-order valence-corrected chi connectivity index (χ2v) is 2.71. The molecular weight excluding hydrogens is 228 g/mol. The van der Waals surface area contributed by atoms with Gasteiger partial charge in [0.25, 0.3) is 0 Å². The van der Waals surface area contributed by atoms with Gasteiger partial charge >= 0.3 is 0 Å². The van der Waals surface area contributed by atoms with Gasteiger partial charge in [-0.3, -0.25) is 0 Å². The fourth-order valence-corrected chi connectivity index (χ4v) is 1.48. The summed E-state index contributed by atoms with van der Waals surface area (Å²) < 4.78 is 1.26. The topological polar surface area (TPSA) is 12.9 Å². The molecule has 4 heteroatoms. The van der Waals surface area contributed by atoms with Crippen LogP contribution in [0, 0.1) is 0 Å². The molecule has 2 aromatic rings. The molecule has 1 nitrogen and oxygen atoms in total. The zero-order valence-electron chi connectivity index (χ0n) is 5.90. The van der Waals surface area contributed by atoms with Crippen LogP contribution in [0.3, 0.4) is 0 Å². The van der Waals surface area contributed by atoms with Crippen molar-refractivity contribution in [3.05, 3.63) is 29.8 Å². The van der Waals surface area contributed by atoms with E-state index in [4.69, 9.17) is 0 Å². The summed E-state index contributed by atoms with van der Waals surface area (Å²) in [4.78, 5) is 4.14. The SMILES string of the molecule is [SH-].[Zn].c1ccc2scnc2c1. The maximum atomic E-state index is 4.14. The van der Waals surface area contributed by atoms with E-state index in [0.29, 0.717) is 0 Å². The molecule has 0 aliphatic carbocycles. The molecular formula is C7H6NS2Zn-. The Morgan fingerprint density at radius 1 is 1.18 bits per heavy atom. The van der Waals surface area contributed by atoms with Crippen LogP contribution >= 0.6 is 11.3 Å². The van der Waals surface area contributed by atoms with E-state index in [0.717, 1.165) is 5.52 Å². The number of nitrogens with zero attached hydrogens (tertiary/aromatic N) is 1. The van der Waals surface area contributed by atoms with E-state index in [1.165, 1.54) is 4.70 Å². The largest absolute Gasteiger partial charge is 0.813 e. The van der Waals surface area contributed by atoms with E-state index < -0.39 is 0 Å². The van der Waals surface area contributed by atoms with Crippen molar-refractivity contribution in [2.45, 2.75) is 0 Å². The van der Waals surface area contributed by atoms with E-state index in [1.807, 2.05) is 23.7 Å². The minimum Gasteiger partial charge on any atom is -0.813 e. The first-order chi connectivity index (χ1) is 4.47. The summed E-state index contributed by atoms with van der Waals surface area (Å²) in [6, 6.07) is 8.13. The van der Waals surface area contributed by atoms with Crippen molar-refractivity contribution in [1.82, 2.24) is 4.98 Å². The van der Waals surface area contributed by atoms with Gasteiger partial charge in [-0.25, -0.2) is 4.98 Å². The van der Waals surface area contributed by atoms with Gasteiger partial charge in [-0.05, 0) is 12.1 Å². The summed E-state index contributed by atoms with van der Waals surface area (Å²) in [5, 5.41) is 0. The number of benzene rings is 1. The molecule has 0 bridgehead atoms. The Labute approximate surface area is 89.0 Å². The second kappa shape index (κ2) is 4.86. The number of aromatic nitrogens is 1. The van der Waals surface area contributed by atoms with E-state index in [9.17, 15) is 0 Å². The van der Waals surface area contributed by atoms with Crippen molar-refractivity contribution in [1.29, 1.82) is 0 Å². The summed E-state index contributed by atoms with van der Waals surface area (Å²) in [6.45, 7) is 0. The summed E-state index contributed by atoms with van der Waals surface area (Å²) in [5.41, 5.74) is 2.97. The number of thiol groups is 1. The van der Waals surface area contributed by atoms with Crippen LogP contribution < -0.4 is 0 Å². The number of thiazole rings is 1. The number of fused-ring (bicyclic) bond motifs is 1. The first-order valence-electron chi connectivity index (χ1n) is 2.75. The van der Waals surface area contributed by atoms with Crippen molar-refractivity contribution in [3.8, 4) is 0 Å². The normalized spacial score (nSPS) is 8.36. The molecule has 0 saturated heterocycles. The fraction of sp³-hybridized carbons (Fsp3) is 0. The van der Waals surface area contributed by atoms with Crippen LogP contribution in [0.5, 0.6) is 0 Å². The quantitative estimate of drug-likeness (QED) is 0.392. The summed E-state index contributed by atoms with van der Waals surface area (Å²) in [6.07, 6.45) is 0. The molecule has 0 fully saturated rings. The molecule has 0 saturated carbocycles. The first kappa shape index (κ1) is 11.1. The third kappa shape index (κ3) is 2.26. The van der Waals surface area contributed by atoms with Crippen LogP contribution in [0.4, 0.5) is 0 Å². The Kier molecular flexibility index (Phi) is 4.90. The first-order valence-corrected chi connectivity index (χ1v) is 3.63. The molecule has 0 spiro atoms. The van der Waals surface area contributed by atoms with Crippen LogP contribution in [0.25, 0.3) is 10.2 Å². The maximum Gasteiger partial charge on any atom is 0.0812 e. The average molecular weight is 234 g/mol. The molecule has 0 amide bonds. The molecule has 1 aromatic carbocycles. The molecule has 0 radical (unpaired) electrons. The fourth-order valence-electron chi connectivity index (χ4n) is 0.803. The standard InChI is InChI=1S/C7H5NS.H2S.Zn/c1-2-4-7-6(3-1)8-5-9-7;;/h1-5H;1H2;/p-1. The van der Waals surface area contributed by atoms with Gasteiger partial charge in [0, 0.05) is 19.5 Å². The zero-order valence-corrected chi connectivity index (χ0v) is 10.6.